The highest BCUT2D eigenvalue weighted by molar-refractivity contribution is 8.13. The molecule has 214 valence electrons. The molecule has 10 heteroatoms. The van der Waals surface area contributed by atoms with Gasteiger partial charge in [0, 0.05) is 11.8 Å². The molecule has 3 saturated carbocycles. The molecule has 1 N–H and O–H groups in total. The van der Waals surface area contributed by atoms with Gasteiger partial charge < -0.3 is 9.84 Å². The monoisotopic (exact) mass is 571 g/mol. The number of carbonyl (C=O) groups excluding carboxylic acids is 2. The number of pyridine rings is 1. The summed E-state index contributed by atoms with van der Waals surface area (Å²) < 4.78 is 34.6. The van der Waals surface area contributed by atoms with Crippen LogP contribution in [0.25, 0.3) is 11.8 Å². The molecule has 2 heterocycles. The van der Waals surface area contributed by atoms with Crippen molar-refractivity contribution in [2.24, 2.45) is 28.6 Å². The number of aliphatic hydroxyl groups is 1. The van der Waals surface area contributed by atoms with Gasteiger partial charge >= 0.3 is 5.97 Å². The highest BCUT2D eigenvalue weighted by Crippen LogP contribution is 2.68. The number of hydrogen-bond acceptors (Lipinski definition) is 7. The Labute approximate surface area is 236 Å². The molecule has 0 saturated heterocycles. The molecule has 0 spiro atoms. The van der Waals surface area contributed by atoms with Crippen LogP contribution >= 0.6 is 11.8 Å². The van der Waals surface area contributed by atoms with E-state index in [1.165, 1.54) is 17.8 Å². The second-order valence-electron chi connectivity index (χ2n) is 12.3. The predicted octanol–water partition coefficient (Wildman–Crippen LogP) is 5.44. The number of carbonyl (C=O) groups is 2. The summed E-state index contributed by atoms with van der Waals surface area (Å²) in [5.41, 5.74) is 1.42. The lowest BCUT2D eigenvalue weighted by atomic mass is 9.45. The summed E-state index contributed by atoms with van der Waals surface area (Å²) in [5.74, 6) is -0.879. The Balaban J connectivity index is 1.35. The number of alkyl halides is 1. The van der Waals surface area contributed by atoms with E-state index in [-0.39, 0.29) is 29.6 Å². The van der Waals surface area contributed by atoms with Crippen molar-refractivity contribution in [3.63, 3.8) is 0 Å². The lowest BCUT2D eigenvalue weighted by Gasteiger charge is -2.60. The standard InChI is InChI=1S/C30H35F2N3O4S/c1-4-25(37)39-30(27(38)40-16-31)10-9-21-20-7-5-18-11-22-17(14-34-35(22)19-6-8-24(32)33-15-19)12-28(18,2)26(20)23(36)13-29(21,30)3/h6,8,11,14-15,20-21,23,26,36H,4-5,7,9-10,12-13,16H2,1-3H3/t20-,21-,23-,26+,28?,29-,30-/m0/s1. The zero-order chi connectivity index (χ0) is 28.4. The highest BCUT2D eigenvalue weighted by atomic mass is 32.2. The zero-order valence-corrected chi connectivity index (χ0v) is 23.8. The number of fused-ring (bicyclic) bond motifs is 6. The van der Waals surface area contributed by atoms with E-state index in [2.05, 4.69) is 23.1 Å². The van der Waals surface area contributed by atoms with Gasteiger partial charge in [0.05, 0.1) is 29.9 Å². The first-order valence-corrected chi connectivity index (χ1v) is 15.1. The first-order chi connectivity index (χ1) is 19.1. The molecule has 2 aromatic rings. The summed E-state index contributed by atoms with van der Waals surface area (Å²) in [6.45, 7) is 5.88. The van der Waals surface area contributed by atoms with Gasteiger partial charge in [0.1, 0.15) is 6.01 Å². The van der Waals surface area contributed by atoms with Crippen molar-refractivity contribution in [2.75, 3.05) is 6.01 Å². The zero-order valence-electron chi connectivity index (χ0n) is 23.0. The van der Waals surface area contributed by atoms with E-state index in [0.717, 1.165) is 24.1 Å². The highest BCUT2D eigenvalue weighted by Gasteiger charge is 2.70. The Morgan fingerprint density at radius 2 is 2.05 bits per heavy atom. The maximum Gasteiger partial charge on any atom is 0.306 e. The molecule has 0 bridgehead atoms. The van der Waals surface area contributed by atoms with Gasteiger partial charge in [-0.25, -0.2) is 14.1 Å². The van der Waals surface area contributed by atoms with Crippen LogP contribution in [0.5, 0.6) is 0 Å². The number of ether oxygens (including phenoxy) is 1. The minimum atomic E-state index is -1.44. The first-order valence-electron chi connectivity index (χ1n) is 14.1. The molecule has 7 atom stereocenters. The van der Waals surface area contributed by atoms with Crippen LogP contribution in [0.3, 0.4) is 0 Å². The van der Waals surface area contributed by atoms with Crippen molar-refractivity contribution in [1.82, 2.24) is 14.8 Å². The van der Waals surface area contributed by atoms with Gasteiger partial charge in [0.15, 0.2) is 5.60 Å². The van der Waals surface area contributed by atoms with Crippen molar-refractivity contribution in [3.05, 3.63) is 47.3 Å². The van der Waals surface area contributed by atoms with Gasteiger partial charge in [-0.15, -0.1) is 0 Å². The van der Waals surface area contributed by atoms with E-state index in [9.17, 15) is 23.5 Å². The van der Waals surface area contributed by atoms with E-state index < -0.39 is 40.2 Å². The number of halogens is 2. The molecule has 1 unspecified atom stereocenters. The van der Waals surface area contributed by atoms with Gasteiger partial charge in [-0.2, -0.15) is 9.49 Å². The fraction of sp³-hybridized carbons (Fsp3) is 0.600. The van der Waals surface area contributed by atoms with Gasteiger partial charge in [0.2, 0.25) is 11.1 Å². The van der Waals surface area contributed by atoms with Gasteiger partial charge in [0.25, 0.3) is 0 Å². The van der Waals surface area contributed by atoms with Crippen LogP contribution in [0.1, 0.15) is 70.6 Å². The van der Waals surface area contributed by atoms with Crippen molar-refractivity contribution >= 4 is 28.9 Å². The lowest BCUT2D eigenvalue weighted by Crippen LogP contribution is -2.62. The topological polar surface area (TPSA) is 94.3 Å². The van der Waals surface area contributed by atoms with Crippen LogP contribution in [0.15, 0.2) is 30.1 Å². The first kappa shape index (κ1) is 27.6. The number of nitrogens with zero attached hydrogens (tertiary/aromatic N) is 3. The summed E-state index contributed by atoms with van der Waals surface area (Å²) in [7, 11) is 0. The second kappa shape index (κ2) is 9.76. The van der Waals surface area contributed by atoms with E-state index in [1.54, 1.807) is 17.7 Å². The van der Waals surface area contributed by atoms with Crippen molar-refractivity contribution in [3.8, 4) is 5.69 Å². The van der Waals surface area contributed by atoms with Crippen molar-refractivity contribution in [1.29, 1.82) is 0 Å². The molecule has 7 nitrogen and oxygen atoms in total. The molecule has 0 amide bonds. The van der Waals surface area contributed by atoms with Crippen LogP contribution in [0.4, 0.5) is 8.78 Å². The molecule has 4 aliphatic carbocycles. The largest absolute Gasteiger partial charge is 0.449 e. The van der Waals surface area contributed by atoms with E-state index in [1.807, 2.05) is 13.1 Å². The normalized spacial score (nSPS) is 36.1. The fourth-order valence-corrected chi connectivity index (χ4v) is 9.56. The maximum absolute atomic E-state index is 13.4. The van der Waals surface area contributed by atoms with Gasteiger partial charge in [-0.3, -0.25) is 9.59 Å². The van der Waals surface area contributed by atoms with Crippen molar-refractivity contribution < 1.29 is 28.2 Å². The van der Waals surface area contributed by atoms with E-state index in [0.29, 0.717) is 43.1 Å². The Hall–Kier alpha value is -2.59. The summed E-state index contributed by atoms with van der Waals surface area (Å²) >= 11 is 0.568. The van der Waals surface area contributed by atoms with E-state index >= 15 is 0 Å². The Morgan fingerprint density at radius 1 is 1.25 bits per heavy atom. The maximum atomic E-state index is 13.4. The number of hydrogen-bond donors (Lipinski definition) is 1. The van der Waals surface area contributed by atoms with Crippen LogP contribution in [0, 0.1) is 34.5 Å². The number of thioether (sulfide) groups is 1. The lowest BCUT2D eigenvalue weighted by molar-refractivity contribution is -0.196. The molecule has 2 aromatic heterocycles. The summed E-state index contributed by atoms with van der Waals surface area (Å²) in [5, 5.41) is 16.0. The van der Waals surface area contributed by atoms with Crippen LogP contribution in [0.2, 0.25) is 0 Å². The molecule has 0 aromatic carbocycles. The number of aromatic nitrogens is 3. The summed E-state index contributed by atoms with van der Waals surface area (Å²) in [6, 6.07) is 2.10. The third kappa shape index (κ3) is 3.85. The average Bonchev–Trinajstić information content (AvgIpc) is 3.45. The molecule has 6 rings (SSSR count). The quantitative estimate of drug-likeness (QED) is 0.377. The Morgan fingerprint density at radius 3 is 2.75 bits per heavy atom. The SMILES string of the molecule is CCC(=O)O[C@]1(C(=O)SCF)CC[C@H]2[C@@H]3CCC4=Cc5c(cnn5-c5ccc(F)nc5)CC4(C)[C@H]3[C@@H](O)C[C@@]21C. The predicted molar refractivity (Wildman–Crippen MR) is 146 cm³/mol. The minimum absolute atomic E-state index is 0.0452. The Kier molecular flexibility index (Phi) is 6.72. The van der Waals surface area contributed by atoms with Crippen LogP contribution in [-0.4, -0.2) is 48.7 Å². The number of rotatable bonds is 5. The smallest absolute Gasteiger partial charge is 0.306 e. The summed E-state index contributed by atoms with van der Waals surface area (Å²) in [4.78, 5) is 29.8. The van der Waals surface area contributed by atoms with Gasteiger partial charge in [-0.05, 0) is 97.2 Å². The summed E-state index contributed by atoms with van der Waals surface area (Å²) in [6.07, 6.45) is 8.62. The third-order valence-electron chi connectivity index (χ3n) is 10.6. The molecule has 4 aliphatic rings. The molecular formula is C30H35F2N3O4S. The molecule has 0 aliphatic heterocycles. The van der Waals surface area contributed by atoms with Gasteiger partial charge in [-0.1, -0.05) is 26.3 Å². The van der Waals surface area contributed by atoms with Crippen molar-refractivity contribution in [2.45, 2.75) is 77.4 Å². The fourth-order valence-electron chi connectivity index (χ4n) is 8.85. The molecule has 0 radical (unpaired) electrons. The Bertz CT molecular complexity index is 1380. The van der Waals surface area contributed by atoms with E-state index in [4.69, 9.17) is 4.74 Å². The molecular weight excluding hydrogens is 536 g/mol. The number of aliphatic hydroxyl groups excluding tert-OH is 1. The second-order valence-corrected chi connectivity index (χ2v) is 13.2. The number of esters is 1. The minimum Gasteiger partial charge on any atom is -0.449 e. The van der Waals surface area contributed by atoms with Crippen LogP contribution < -0.4 is 0 Å². The average molecular weight is 572 g/mol. The third-order valence-corrected chi connectivity index (χ3v) is 11.3. The van der Waals surface area contributed by atoms with Crippen LogP contribution in [-0.2, 0) is 20.7 Å². The number of allylic oxidation sites excluding steroid dienone is 1. The molecule has 40 heavy (non-hydrogen) atoms. The molecule has 3 fully saturated rings.